The second-order valence-corrected chi connectivity index (χ2v) is 7.10. The van der Waals surface area contributed by atoms with Crippen LogP contribution in [-0.2, 0) is 0 Å². The summed E-state index contributed by atoms with van der Waals surface area (Å²) in [5, 5.41) is 3.69. The van der Waals surface area contributed by atoms with Gasteiger partial charge < -0.3 is 10.2 Å². The van der Waals surface area contributed by atoms with E-state index in [1.165, 1.54) is 58.4 Å². The lowest BCUT2D eigenvalue weighted by molar-refractivity contribution is -0.0482. The number of hydrogen-bond acceptors (Lipinski definition) is 2. The molecule has 3 rings (SSSR count). The van der Waals surface area contributed by atoms with E-state index >= 15 is 0 Å². The topological polar surface area (TPSA) is 15.3 Å². The number of rotatable bonds is 2. The molecule has 98 valence electrons. The highest BCUT2D eigenvalue weighted by atomic mass is 15.2. The fraction of sp³-hybridized carbons (Fsp3) is 1.00. The van der Waals surface area contributed by atoms with Crippen molar-refractivity contribution in [3.63, 3.8) is 0 Å². The van der Waals surface area contributed by atoms with E-state index < -0.39 is 0 Å². The highest BCUT2D eigenvalue weighted by molar-refractivity contribution is 5.04. The van der Waals surface area contributed by atoms with Gasteiger partial charge in [0, 0.05) is 19.6 Å². The van der Waals surface area contributed by atoms with Gasteiger partial charge in [-0.25, -0.2) is 0 Å². The Kier molecular flexibility index (Phi) is 3.20. The highest BCUT2D eigenvalue weighted by Gasteiger charge is 2.52. The molecule has 1 N–H and O–H groups in total. The summed E-state index contributed by atoms with van der Waals surface area (Å²) >= 11 is 0. The van der Waals surface area contributed by atoms with Gasteiger partial charge in [0.1, 0.15) is 0 Å². The van der Waals surface area contributed by atoms with Crippen molar-refractivity contribution >= 4 is 0 Å². The highest BCUT2D eigenvalue weighted by Crippen LogP contribution is 2.53. The maximum Gasteiger partial charge on any atom is 0.00275 e. The van der Waals surface area contributed by atoms with Crippen molar-refractivity contribution in [3.8, 4) is 0 Å². The van der Waals surface area contributed by atoms with Crippen molar-refractivity contribution in [2.24, 2.45) is 23.2 Å². The van der Waals surface area contributed by atoms with Gasteiger partial charge in [0.05, 0.1) is 0 Å². The zero-order chi connectivity index (χ0) is 11.9. The molecule has 2 bridgehead atoms. The molecule has 17 heavy (non-hydrogen) atoms. The molecule has 0 aromatic rings. The van der Waals surface area contributed by atoms with Crippen molar-refractivity contribution < 1.29 is 0 Å². The Balaban J connectivity index is 1.74. The molecule has 2 heteroatoms. The molecular weight excluding hydrogens is 208 g/mol. The minimum atomic E-state index is 0.749. The van der Waals surface area contributed by atoms with E-state index in [4.69, 9.17) is 0 Å². The summed E-state index contributed by atoms with van der Waals surface area (Å²) in [6.45, 7) is 11.3. The molecule has 1 saturated carbocycles. The SMILES string of the molecule is CC(C)CN1CC2CNCC(C1)C21CCCC1. The van der Waals surface area contributed by atoms with Crippen LogP contribution in [0.25, 0.3) is 0 Å². The van der Waals surface area contributed by atoms with Crippen LogP contribution in [-0.4, -0.2) is 37.6 Å². The second kappa shape index (κ2) is 4.55. The Morgan fingerprint density at radius 1 is 1.12 bits per heavy atom. The molecule has 3 fully saturated rings. The molecule has 0 aromatic heterocycles. The van der Waals surface area contributed by atoms with E-state index in [-0.39, 0.29) is 0 Å². The van der Waals surface area contributed by atoms with Crippen molar-refractivity contribution in [1.82, 2.24) is 10.2 Å². The van der Waals surface area contributed by atoms with Crippen LogP contribution in [0.3, 0.4) is 0 Å². The van der Waals surface area contributed by atoms with E-state index in [2.05, 4.69) is 24.1 Å². The van der Waals surface area contributed by atoms with Crippen LogP contribution in [0.4, 0.5) is 0 Å². The molecule has 2 nitrogen and oxygen atoms in total. The predicted molar refractivity (Wildman–Crippen MR) is 72.0 cm³/mol. The first kappa shape index (κ1) is 12.0. The number of nitrogens with one attached hydrogen (secondary N) is 1. The van der Waals surface area contributed by atoms with Gasteiger partial charge in [-0.2, -0.15) is 0 Å². The molecule has 2 unspecified atom stereocenters. The first-order valence-corrected chi connectivity index (χ1v) is 7.64. The van der Waals surface area contributed by atoms with Crippen LogP contribution in [0.2, 0.25) is 0 Å². The Hall–Kier alpha value is -0.0800. The van der Waals surface area contributed by atoms with Crippen LogP contribution in [0.5, 0.6) is 0 Å². The fourth-order valence-electron chi connectivity index (χ4n) is 4.88. The molecule has 1 spiro atoms. The molecule has 2 saturated heterocycles. The summed E-state index contributed by atoms with van der Waals surface area (Å²) in [7, 11) is 0. The zero-order valence-electron chi connectivity index (χ0n) is 11.5. The predicted octanol–water partition coefficient (Wildman–Crippen LogP) is 2.35. The van der Waals surface area contributed by atoms with Gasteiger partial charge in [0.25, 0.3) is 0 Å². The monoisotopic (exact) mass is 236 g/mol. The summed E-state index contributed by atoms with van der Waals surface area (Å²) in [6, 6.07) is 0. The summed E-state index contributed by atoms with van der Waals surface area (Å²) in [4.78, 5) is 2.75. The number of nitrogens with zero attached hydrogens (tertiary/aromatic N) is 1. The smallest absolute Gasteiger partial charge is 0.00275 e. The molecule has 0 aromatic carbocycles. The van der Waals surface area contributed by atoms with Crippen LogP contribution in [0.15, 0.2) is 0 Å². The van der Waals surface area contributed by atoms with Crippen LogP contribution >= 0.6 is 0 Å². The molecule has 0 amide bonds. The third-order valence-electron chi connectivity index (χ3n) is 5.52. The Labute approximate surface area is 106 Å². The lowest BCUT2D eigenvalue weighted by Gasteiger charge is -2.55. The summed E-state index contributed by atoms with van der Waals surface area (Å²) in [6.07, 6.45) is 6.05. The number of piperidine rings is 2. The van der Waals surface area contributed by atoms with Gasteiger partial charge in [0.15, 0.2) is 0 Å². The zero-order valence-corrected chi connectivity index (χ0v) is 11.5. The van der Waals surface area contributed by atoms with Crippen LogP contribution in [0, 0.1) is 23.2 Å². The summed E-state index contributed by atoms with van der Waals surface area (Å²) in [5.74, 6) is 2.70. The van der Waals surface area contributed by atoms with E-state index in [0.29, 0.717) is 0 Å². The minimum Gasteiger partial charge on any atom is -0.316 e. The standard InChI is InChI=1S/C15H28N2/c1-12(2)9-17-10-13-7-16-8-14(11-17)15(13)5-3-4-6-15/h12-14,16H,3-11H2,1-2H3. The van der Waals surface area contributed by atoms with E-state index in [1.54, 1.807) is 0 Å². The third-order valence-corrected chi connectivity index (χ3v) is 5.52. The van der Waals surface area contributed by atoms with Crippen LogP contribution < -0.4 is 5.32 Å². The van der Waals surface area contributed by atoms with Crippen molar-refractivity contribution in [1.29, 1.82) is 0 Å². The van der Waals surface area contributed by atoms with Crippen molar-refractivity contribution in [3.05, 3.63) is 0 Å². The van der Waals surface area contributed by atoms with Gasteiger partial charge in [0.2, 0.25) is 0 Å². The summed E-state index contributed by atoms with van der Waals surface area (Å²) < 4.78 is 0. The Bertz CT molecular complexity index is 252. The quantitative estimate of drug-likeness (QED) is 0.792. The van der Waals surface area contributed by atoms with Gasteiger partial charge in [-0.1, -0.05) is 26.7 Å². The van der Waals surface area contributed by atoms with Crippen LogP contribution in [0.1, 0.15) is 39.5 Å². The molecule has 2 heterocycles. The van der Waals surface area contributed by atoms with Gasteiger partial charge in [-0.3, -0.25) is 0 Å². The van der Waals surface area contributed by atoms with Crippen molar-refractivity contribution in [2.45, 2.75) is 39.5 Å². The first-order valence-electron chi connectivity index (χ1n) is 7.64. The van der Waals surface area contributed by atoms with Crippen molar-refractivity contribution in [2.75, 3.05) is 32.7 Å². The fourth-order valence-corrected chi connectivity index (χ4v) is 4.88. The molecule has 2 aliphatic heterocycles. The van der Waals surface area contributed by atoms with Gasteiger partial charge in [-0.05, 0) is 49.1 Å². The molecule has 1 aliphatic carbocycles. The number of likely N-dealkylation sites (tertiary alicyclic amines) is 1. The lowest BCUT2D eigenvalue weighted by atomic mass is 9.60. The first-order chi connectivity index (χ1) is 8.21. The van der Waals surface area contributed by atoms with E-state index in [1.807, 2.05) is 0 Å². The second-order valence-electron chi connectivity index (χ2n) is 7.10. The largest absolute Gasteiger partial charge is 0.316 e. The molecular formula is C15H28N2. The van der Waals surface area contributed by atoms with Gasteiger partial charge >= 0.3 is 0 Å². The average molecular weight is 236 g/mol. The maximum absolute atomic E-state index is 3.69. The van der Waals surface area contributed by atoms with E-state index in [0.717, 1.165) is 23.2 Å². The normalized spacial score (nSPS) is 36.9. The average Bonchev–Trinajstić information content (AvgIpc) is 2.69. The molecule has 0 radical (unpaired) electrons. The lowest BCUT2D eigenvalue weighted by Crippen LogP contribution is -2.61. The molecule has 3 aliphatic rings. The maximum atomic E-state index is 3.69. The molecule has 2 atom stereocenters. The van der Waals surface area contributed by atoms with E-state index in [9.17, 15) is 0 Å². The minimum absolute atomic E-state index is 0.749. The third kappa shape index (κ3) is 2.04. The number of hydrogen-bond donors (Lipinski definition) is 1. The summed E-state index contributed by atoms with van der Waals surface area (Å²) in [5.41, 5.74) is 0.749. The Morgan fingerprint density at radius 2 is 1.71 bits per heavy atom. The van der Waals surface area contributed by atoms with Gasteiger partial charge in [-0.15, -0.1) is 0 Å². The Morgan fingerprint density at radius 3 is 2.24 bits per heavy atom.